The molecule has 5 nitrogen and oxygen atoms in total. The summed E-state index contributed by atoms with van der Waals surface area (Å²) in [4.78, 5) is 8.11. The molecule has 1 unspecified atom stereocenters. The van der Waals surface area contributed by atoms with Gasteiger partial charge in [0.25, 0.3) is 0 Å². The molecule has 0 radical (unpaired) electrons. The van der Waals surface area contributed by atoms with Gasteiger partial charge in [-0.15, -0.1) is 16.4 Å². The first kappa shape index (κ1) is 12.6. The third-order valence-electron chi connectivity index (χ3n) is 3.47. The predicted molar refractivity (Wildman–Crippen MR) is 78.8 cm³/mol. The van der Waals surface area contributed by atoms with Gasteiger partial charge in [0.05, 0.1) is 4.88 Å². The molecular weight excluding hydrogens is 258 g/mol. The summed E-state index contributed by atoms with van der Waals surface area (Å²) in [6.45, 7) is 7.27. The lowest BCUT2D eigenvalue weighted by atomic mass is 10.2. The van der Waals surface area contributed by atoms with E-state index in [0.717, 1.165) is 37.8 Å². The molecule has 0 saturated carbocycles. The first-order valence-corrected chi connectivity index (χ1v) is 7.63. The molecule has 3 heterocycles. The minimum Gasteiger partial charge on any atom is -0.337 e. The standard InChI is InChI=1S/C13H19N5S/c1-3-10-4-7-19-11(10)12-15-13(17-16-12)18-6-5-14-9(2)8-18/h4,7,9,14H,3,5-6,8H2,1-2H3,(H,15,16,17). The van der Waals surface area contributed by atoms with Gasteiger partial charge in [0.1, 0.15) is 0 Å². The van der Waals surface area contributed by atoms with Gasteiger partial charge in [-0.3, -0.25) is 5.10 Å². The van der Waals surface area contributed by atoms with Gasteiger partial charge in [-0.2, -0.15) is 4.98 Å². The van der Waals surface area contributed by atoms with Crippen molar-refractivity contribution in [3.8, 4) is 10.7 Å². The molecule has 102 valence electrons. The maximum atomic E-state index is 4.66. The van der Waals surface area contributed by atoms with Crippen LogP contribution in [0.5, 0.6) is 0 Å². The van der Waals surface area contributed by atoms with Crippen molar-refractivity contribution < 1.29 is 0 Å². The first-order chi connectivity index (χ1) is 9.28. The van der Waals surface area contributed by atoms with Gasteiger partial charge in [-0.1, -0.05) is 6.92 Å². The molecule has 1 atom stereocenters. The molecule has 6 heteroatoms. The van der Waals surface area contributed by atoms with Gasteiger partial charge in [-0.05, 0) is 30.4 Å². The van der Waals surface area contributed by atoms with E-state index in [4.69, 9.17) is 0 Å². The Morgan fingerprint density at radius 2 is 2.42 bits per heavy atom. The second-order valence-corrected chi connectivity index (χ2v) is 5.83. The van der Waals surface area contributed by atoms with Crippen molar-refractivity contribution in [2.45, 2.75) is 26.3 Å². The van der Waals surface area contributed by atoms with Crippen LogP contribution < -0.4 is 10.2 Å². The second kappa shape index (κ2) is 5.30. The molecule has 2 aromatic rings. The summed E-state index contributed by atoms with van der Waals surface area (Å²) < 4.78 is 0. The Morgan fingerprint density at radius 1 is 1.53 bits per heavy atom. The molecular formula is C13H19N5S. The number of piperazine rings is 1. The predicted octanol–water partition coefficient (Wildman–Crippen LogP) is 1.89. The molecule has 1 aliphatic heterocycles. The third-order valence-corrected chi connectivity index (χ3v) is 4.43. The number of anilines is 1. The third kappa shape index (κ3) is 2.50. The molecule has 1 aliphatic rings. The van der Waals surface area contributed by atoms with Crippen molar-refractivity contribution in [1.82, 2.24) is 20.5 Å². The summed E-state index contributed by atoms with van der Waals surface area (Å²) in [7, 11) is 0. The number of hydrogen-bond donors (Lipinski definition) is 2. The van der Waals surface area contributed by atoms with Crippen molar-refractivity contribution in [3.63, 3.8) is 0 Å². The van der Waals surface area contributed by atoms with Crippen LogP contribution >= 0.6 is 11.3 Å². The van der Waals surface area contributed by atoms with Crippen LogP contribution in [-0.2, 0) is 6.42 Å². The molecule has 0 spiro atoms. The van der Waals surface area contributed by atoms with Crippen molar-refractivity contribution in [2.75, 3.05) is 24.5 Å². The highest BCUT2D eigenvalue weighted by Gasteiger charge is 2.20. The van der Waals surface area contributed by atoms with Gasteiger partial charge in [0, 0.05) is 25.7 Å². The van der Waals surface area contributed by atoms with E-state index in [0.29, 0.717) is 6.04 Å². The van der Waals surface area contributed by atoms with Crippen LogP contribution in [0.2, 0.25) is 0 Å². The zero-order valence-electron chi connectivity index (χ0n) is 11.3. The first-order valence-electron chi connectivity index (χ1n) is 6.75. The Kier molecular flexibility index (Phi) is 3.52. The van der Waals surface area contributed by atoms with Crippen LogP contribution in [0.1, 0.15) is 19.4 Å². The fourth-order valence-electron chi connectivity index (χ4n) is 2.43. The van der Waals surface area contributed by atoms with Crippen LogP contribution in [0.4, 0.5) is 5.95 Å². The average Bonchev–Trinajstić information content (AvgIpc) is 3.07. The Bertz CT molecular complexity index is 547. The van der Waals surface area contributed by atoms with Crippen LogP contribution in [0, 0.1) is 0 Å². The Labute approximate surface area is 117 Å². The highest BCUT2D eigenvalue weighted by atomic mass is 32.1. The van der Waals surface area contributed by atoms with E-state index >= 15 is 0 Å². The van der Waals surface area contributed by atoms with Gasteiger partial charge in [0.2, 0.25) is 5.95 Å². The van der Waals surface area contributed by atoms with E-state index in [2.05, 4.69) is 50.7 Å². The Morgan fingerprint density at radius 3 is 3.21 bits per heavy atom. The number of nitrogens with zero attached hydrogens (tertiary/aromatic N) is 3. The maximum Gasteiger partial charge on any atom is 0.245 e. The summed E-state index contributed by atoms with van der Waals surface area (Å²) in [6, 6.07) is 2.65. The molecule has 1 fully saturated rings. The fourth-order valence-corrected chi connectivity index (χ4v) is 3.37. The van der Waals surface area contributed by atoms with Crippen LogP contribution in [-0.4, -0.2) is 40.9 Å². The number of aromatic nitrogens is 3. The van der Waals surface area contributed by atoms with Gasteiger partial charge in [0.15, 0.2) is 5.82 Å². The molecule has 0 bridgehead atoms. The number of thiophene rings is 1. The average molecular weight is 277 g/mol. The highest BCUT2D eigenvalue weighted by Crippen LogP contribution is 2.28. The van der Waals surface area contributed by atoms with E-state index in [1.807, 2.05) is 0 Å². The van der Waals surface area contributed by atoms with Crippen LogP contribution in [0.15, 0.2) is 11.4 Å². The summed E-state index contributed by atoms with van der Waals surface area (Å²) in [5.74, 6) is 1.71. The number of aryl methyl sites for hydroxylation is 1. The van der Waals surface area contributed by atoms with Crippen molar-refractivity contribution in [2.24, 2.45) is 0 Å². The largest absolute Gasteiger partial charge is 0.337 e. The second-order valence-electron chi connectivity index (χ2n) is 4.91. The molecule has 1 saturated heterocycles. The Hall–Kier alpha value is -1.40. The smallest absolute Gasteiger partial charge is 0.245 e. The van der Waals surface area contributed by atoms with Gasteiger partial charge >= 0.3 is 0 Å². The van der Waals surface area contributed by atoms with Crippen LogP contribution in [0.25, 0.3) is 10.7 Å². The lowest BCUT2D eigenvalue weighted by Crippen LogP contribution is -2.49. The molecule has 0 aliphatic carbocycles. The maximum absolute atomic E-state index is 4.66. The molecule has 0 aromatic carbocycles. The van der Waals surface area contributed by atoms with E-state index in [1.54, 1.807) is 11.3 Å². The summed E-state index contributed by atoms with van der Waals surface area (Å²) in [5, 5.41) is 13.0. The number of aromatic amines is 1. The summed E-state index contributed by atoms with van der Waals surface area (Å²) in [5.41, 5.74) is 1.33. The van der Waals surface area contributed by atoms with Crippen molar-refractivity contribution >= 4 is 17.3 Å². The van der Waals surface area contributed by atoms with E-state index in [-0.39, 0.29) is 0 Å². The van der Waals surface area contributed by atoms with Crippen molar-refractivity contribution in [1.29, 1.82) is 0 Å². The molecule has 0 amide bonds. The minimum absolute atomic E-state index is 0.489. The van der Waals surface area contributed by atoms with E-state index in [9.17, 15) is 0 Å². The number of H-pyrrole nitrogens is 1. The van der Waals surface area contributed by atoms with Gasteiger partial charge < -0.3 is 10.2 Å². The topological polar surface area (TPSA) is 56.8 Å². The lowest BCUT2D eigenvalue weighted by molar-refractivity contribution is 0.480. The fraction of sp³-hybridized carbons (Fsp3) is 0.538. The zero-order valence-corrected chi connectivity index (χ0v) is 12.1. The molecule has 3 rings (SSSR count). The Balaban J connectivity index is 1.83. The molecule has 19 heavy (non-hydrogen) atoms. The zero-order chi connectivity index (χ0) is 13.2. The SMILES string of the molecule is CCc1ccsc1-c1nc(N2CCNC(C)C2)n[nH]1. The number of nitrogens with one attached hydrogen (secondary N) is 2. The lowest BCUT2D eigenvalue weighted by Gasteiger charge is -2.30. The number of rotatable bonds is 3. The molecule has 2 aromatic heterocycles. The highest BCUT2D eigenvalue weighted by molar-refractivity contribution is 7.13. The minimum atomic E-state index is 0.489. The number of hydrogen-bond acceptors (Lipinski definition) is 5. The summed E-state index contributed by atoms with van der Waals surface area (Å²) >= 11 is 1.72. The van der Waals surface area contributed by atoms with Gasteiger partial charge in [-0.25, -0.2) is 0 Å². The monoisotopic (exact) mass is 277 g/mol. The van der Waals surface area contributed by atoms with Crippen LogP contribution in [0.3, 0.4) is 0 Å². The van der Waals surface area contributed by atoms with E-state index < -0.39 is 0 Å². The quantitative estimate of drug-likeness (QED) is 0.899. The normalized spacial score (nSPS) is 19.9. The van der Waals surface area contributed by atoms with E-state index in [1.165, 1.54) is 10.4 Å². The summed E-state index contributed by atoms with van der Waals surface area (Å²) in [6.07, 6.45) is 1.03. The molecule has 2 N–H and O–H groups in total. The van der Waals surface area contributed by atoms with Crippen molar-refractivity contribution in [3.05, 3.63) is 17.0 Å².